The number of hydrogen-bond donors (Lipinski definition) is 0. The maximum absolute atomic E-state index is 5.53. The van der Waals surface area contributed by atoms with Crippen molar-refractivity contribution < 1.29 is 4.74 Å². The fraction of sp³-hybridized carbons (Fsp3) is 1.00. The molecule has 0 aliphatic rings. The van der Waals surface area contributed by atoms with Crippen LogP contribution in [0.15, 0.2) is 0 Å². The Morgan fingerprint density at radius 2 is 1.38 bits per heavy atom. The summed E-state index contributed by atoms with van der Waals surface area (Å²) in [6, 6.07) is 0. The summed E-state index contributed by atoms with van der Waals surface area (Å²) in [6.45, 7) is 10.9. The first-order valence-electron chi connectivity index (χ1n) is 5.70. The van der Waals surface area contributed by atoms with Gasteiger partial charge in [-0.1, -0.05) is 40.5 Å². The van der Waals surface area contributed by atoms with Crippen molar-refractivity contribution in [3.8, 4) is 0 Å². The molecule has 0 aromatic heterocycles. The monoisotopic (exact) mass is 186 g/mol. The van der Waals surface area contributed by atoms with Crippen molar-refractivity contribution in [1.82, 2.24) is 0 Å². The Labute approximate surface area is 83.9 Å². The molecule has 0 fully saturated rings. The first kappa shape index (κ1) is 13.0. The van der Waals surface area contributed by atoms with Crippen LogP contribution in [0.5, 0.6) is 0 Å². The molecule has 0 unspecified atom stereocenters. The summed E-state index contributed by atoms with van der Waals surface area (Å²) in [6.07, 6.45) is 5.09. The van der Waals surface area contributed by atoms with E-state index in [9.17, 15) is 0 Å². The van der Waals surface area contributed by atoms with Crippen LogP contribution in [0.2, 0.25) is 0 Å². The van der Waals surface area contributed by atoms with Crippen LogP contribution < -0.4 is 0 Å². The Balaban J connectivity index is 2.92. The highest BCUT2D eigenvalue weighted by Crippen LogP contribution is 2.06. The molecule has 0 bridgehead atoms. The van der Waals surface area contributed by atoms with Crippen molar-refractivity contribution in [2.75, 3.05) is 13.2 Å². The van der Waals surface area contributed by atoms with Gasteiger partial charge in [-0.2, -0.15) is 0 Å². The summed E-state index contributed by atoms with van der Waals surface area (Å²) in [4.78, 5) is 0. The Bertz CT molecular complexity index is 85.3. The standard InChI is InChI=1S/C12H26O/c1-11(2)7-5-6-9-13-10-8-12(3)4/h11-12H,5-10H2,1-4H3. The Morgan fingerprint density at radius 3 is 1.92 bits per heavy atom. The molecule has 0 saturated heterocycles. The van der Waals surface area contributed by atoms with E-state index >= 15 is 0 Å². The maximum Gasteiger partial charge on any atom is 0.0468 e. The third-order valence-electron chi connectivity index (χ3n) is 2.16. The topological polar surface area (TPSA) is 9.23 Å². The highest BCUT2D eigenvalue weighted by atomic mass is 16.5. The van der Waals surface area contributed by atoms with Gasteiger partial charge < -0.3 is 4.74 Å². The quantitative estimate of drug-likeness (QED) is 0.523. The number of hydrogen-bond acceptors (Lipinski definition) is 1. The van der Waals surface area contributed by atoms with Gasteiger partial charge in [0.2, 0.25) is 0 Å². The lowest BCUT2D eigenvalue weighted by atomic mass is 10.1. The van der Waals surface area contributed by atoms with E-state index in [4.69, 9.17) is 4.74 Å². The molecule has 80 valence electrons. The van der Waals surface area contributed by atoms with Gasteiger partial charge in [-0.25, -0.2) is 0 Å². The maximum atomic E-state index is 5.53. The third kappa shape index (κ3) is 12.0. The van der Waals surface area contributed by atoms with Crippen molar-refractivity contribution in [2.24, 2.45) is 11.8 Å². The van der Waals surface area contributed by atoms with Gasteiger partial charge in [0.15, 0.2) is 0 Å². The molecule has 0 amide bonds. The first-order chi connectivity index (χ1) is 6.13. The van der Waals surface area contributed by atoms with E-state index in [2.05, 4.69) is 27.7 Å². The second kappa shape index (κ2) is 8.55. The van der Waals surface area contributed by atoms with Crippen LogP contribution in [0.3, 0.4) is 0 Å². The SMILES string of the molecule is CC(C)CCCCOCCC(C)C. The molecular weight excluding hydrogens is 160 g/mol. The summed E-state index contributed by atoms with van der Waals surface area (Å²) < 4.78 is 5.53. The molecule has 0 saturated carbocycles. The number of rotatable bonds is 8. The normalized spacial score (nSPS) is 11.5. The third-order valence-corrected chi connectivity index (χ3v) is 2.16. The molecule has 0 aromatic carbocycles. The summed E-state index contributed by atoms with van der Waals surface area (Å²) >= 11 is 0. The van der Waals surface area contributed by atoms with Gasteiger partial charge in [0.05, 0.1) is 0 Å². The molecule has 0 atom stereocenters. The highest BCUT2D eigenvalue weighted by Gasteiger charge is 1.95. The van der Waals surface area contributed by atoms with Crippen molar-refractivity contribution in [3.63, 3.8) is 0 Å². The zero-order valence-electron chi connectivity index (χ0n) is 9.81. The van der Waals surface area contributed by atoms with Crippen LogP contribution in [0, 0.1) is 11.8 Å². The van der Waals surface area contributed by atoms with E-state index in [1.54, 1.807) is 0 Å². The van der Waals surface area contributed by atoms with Gasteiger partial charge in [-0.15, -0.1) is 0 Å². The lowest BCUT2D eigenvalue weighted by Gasteiger charge is -2.07. The van der Waals surface area contributed by atoms with Crippen molar-refractivity contribution in [3.05, 3.63) is 0 Å². The molecule has 1 heteroatoms. The molecule has 0 N–H and O–H groups in total. The minimum atomic E-state index is 0.774. The molecule has 0 radical (unpaired) electrons. The summed E-state index contributed by atoms with van der Waals surface area (Å²) in [5.74, 6) is 1.62. The zero-order valence-corrected chi connectivity index (χ0v) is 9.81. The molecule has 1 nitrogen and oxygen atoms in total. The second-order valence-corrected chi connectivity index (χ2v) is 4.68. The van der Waals surface area contributed by atoms with Gasteiger partial charge >= 0.3 is 0 Å². The van der Waals surface area contributed by atoms with Crippen molar-refractivity contribution in [1.29, 1.82) is 0 Å². The molecule has 0 aliphatic carbocycles. The van der Waals surface area contributed by atoms with Gasteiger partial charge in [-0.3, -0.25) is 0 Å². The summed E-state index contributed by atoms with van der Waals surface area (Å²) in [7, 11) is 0. The second-order valence-electron chi connectivity index (χ2n) is 4.68. The highest BCUT2D eigenvalue weighted by molar-refractivity contribution is 4.47. The van der Waals surface area contributed by atoms with Crippen LogP contribution in [0.4, 0.5) is 0 Å². The van der Waals surface area contributed by atoms with Crippen LogP contribution in [-0.2, 0) is 4.74 Å². The molecule has 0 spiro atoms. The smallest absolute Gasteiger partial charge is 0.0468 e. The van der Waals surface area contributed by atoms with E-state index in [1.165, 1.54) is 25.7 Å². The molecule has 0 heterocycles. The van der Waals surface area contributed by atoms with E-state index in [1.807, 2.05) is 0 Å². The Morgan fingerprint density at radius 1 is 0.769 bits per heavy atom. The van der Waals surface area contributed by atoms with E-state index < -0.39 is 0 Å². The zero-order chi connectivity index (χ0) is 10.1. The van der Waals surface area contributed by atoms with Gasteiger partial charge in [0.1, 0.15) is 0 Å². The van der Waals surface area contributed by atoms with E-state index in [-0.39, 0.29) is 0 Å². The van der Waals surface area contributed by atoms with Crippen LogP contribution >= 0.6 is 0 Å². The summed E-state index contributed by atoms with van der Waals surface area (Å²) in [5, 5.41) is 0. The minimum absolute atomic E-state index is 0.774. The fourth-order valence-corrected chi connectivity index (χ4v) is 1.18. The van der Waals surface area contributed by atoms with Crippen molar-refractivity contribution in [2.45, 2.75) is 53.4 Å². The average molecular weight is 186 g/mol. The number of unbranched alkanes of at least 4 members (excludes halogenated alkanes) is 1. The van der Waals surface area contributed by atoms with E-state index in [0.29, 0.717) is 0 Å². The molecule has 0 rings (SSSR count). The molecule has 0 aromatic rings. The van der Waals surface area contributed by atoms with Gasteiger partial charge in [0.25, 0.3) is 0 Å². The lowest BCUT2D eigenvalue weighted by Crippen LogP contribution is -2.00. The van der Waals surface area contributed by atoms with Crippen molar-refractivity contribution >= 4 is 0 Å². The Kier molecular flexibility index (Phi) is 8.53. The predicted molar refractivity (Wildman–Crippen MR) is 59.0 cm³/mol. The molecule has 0 aliphatic heterocycles. The average Bonchev–Trinajstić information content (AvgIpc) is 2.01. The van der Waals surface area contributed by atoms with Crippen LogP contribution in [0.25, 0.3) is 0 Å². The largest absolute Gasteiger partial charge is 0.381 e. The predicted octanol–water partition coefficient (Wildman–Crippen LogP) is 3.88. The molecule has 13 heavy (non-hydrogen) atoms. The minimum Gasteiger partial charge on any atom is -0.381 e. The van der Waals surface area contributed by atoms with Crippen LogP contribution in [-0.4, -0.2) is 13.2 Å². The van der Waals surface area contributed by atoms with Crippen LogP contribution in [0.1, 0.15) is 53.4 Å². The van der Waals surface area contributed by atoms with Gasteiger partial charge in [0, 0.05) is 13.2 Å². The van der Waals surface area contributed by atoms with Gasteiger partial charge in [-0.05, 0) is 24.7 Å². The Hall–Kier alpha value is -0.0400. The van der Waals surface area contributed by atoms with E-state index in [0.717, 1.165) is 25.0 Å². The number of ether oxygens (including phenoxy) is 1. The summed E-state index contributed by atoms with van der Waals surface area (Å²) in [5.41, 5.74) is 0. The molecular formula is C12H26O. The fourth-order valence-electron chi connectivity index (χ4n) is 1.18. The lowest BCUT2D eigenvalue weighted by molar-refractivity contribution is 0.119. The first-order valence-corrected chi connectivity index (χ1v) is 5.70.